The molecule has 0 amide bonds. The molecule has 3 heteroatoms. The van der Waals surface area contributed by atoms with Crippen molar-refractivity contribution >= 4 is 0 Å². The van der Waals surface area contributed by atoms with E-state index >= 15 is 0 Å². The summed E-state index contributed by atoms with van der Waals surface area (Å²) < 4.78 is 0. The van der Waals surface area contributed by atoms with Crippen molar-refractivity contribution in [2.75, 3.05) is 0 Å². The Morgan fingerprint density at radius 3 is 2.63 bits per heavy atom. The second kappa shape index (κ2) is 5.51. The first-order valence-corrected chi connectivity index (χ1v) is 6.85. The van der Waals surface area contributed by atoms with Gasteiger partial charge in [-0.2, -0.15) is 0 Å². The normalized spacial score (nSPS) is 16.9. The summed E-state index contributed by atoms with van der Waals surface area (Å²) in [5, 5.41) is 0. The van der Waals surface area contributed by atoms with Crippen molar-refractivity contribution < 1.29 is 0 Å². The molecular weight excluding hydrogens is 234 g/mol. The van der Waals surface area contributed by atoms with Gasteiger partial charge in [0.25, 0.3) is 0 Å². The molecule has 3 rings (SSSR count). The molecule has 19 heavy (non-hydrogen) atoms. The molecule has 0 aliphatic heterocycles. The highest BCUT2D eigenvalue weighted by Crippen LogP contribution is 2.40. The van der Waals surface area contributed by atoms with Crippen molar-refractivity contribution in [1.29, 1.82) is 0 Å². The van der Waals surface area contributed by atoms with Crippen molar-refractivity contribution in [3.8, 4) is 0 Å². The molecule has 1 atom stereocenters. The Bertz CT molecular complexity index is 535. The molecule has 0 bridgehead atoms. The minimum absolute atomic E-state index is 0.0190. The highest BCUT2D eigenvalue weighted by Gasteiger charge is 2.25. The molecule has 1 fully saturated rings. The van der Waals surface area contributed by atoms with Crippen LogP contribution in [-0.4, -0.2) is 4.98 Å². The zero-order valence-corrected chi connectivity index (χ0v) is 10.9. The third kappa shape index (κ3) is 2.39. The van der Waals surface area contributed by atoms with Crippen LogP contribution in [0.2, 0.25) is 0 Å². The van der Waals surface area contributed by atoms with Crippen LogP contribution in [0.4, 0.5) is 0 Å². The van der Waals surface area contributed by atoms with Gasteiger partial charge < -0.3 is 0 Å². The summed E-state index contributed by atoms with van der Waals surface area (Å²) in [6, 6.07) is 12.6. The van der Waals surface area contributed by atoms with Crippen LogP contribution in [0, 0.1) is 0 Å². The Labute approximate surface area is 113 Å². The molecule has 1 aromatic carbocycles. The van der Waals surface area contributed by atoms with Crippen molar-refractivity contribution in [3.63, 3.8) is 0 Å². The van der Waals surface area contributed by atoms with E-state index < -0.39 is 0 Å². The molecule has 1 aliphatic carbocycles. The van der Waals surface area contributed by atoms with E-state index in [1.807, 2.05) is 12.3 Å². The van der Waals surface area contributed by atoms with Crippen LogP contribution < -0.4 is 11.3 Å². The first-order valence-electron chi connectivity index (χ1n) is 6.85. The highest BCUT2D eigenvalue weighted by atomic mass is 15.2. The van der Waals surface area contributed by atoms with Gasteiger partial charge in [0.15, 0.2) is 0 Å². The summed E-state index contributed by atoms with van der Waals surface area (Å²) in [6.07, 6.45) is 7.59. The molecule has 0 saturated heterocycles. The fourth-order valence-corrected chi connectivity index (χ4v) is 2.78. The summed E-state index contributed by atoms with van der Waals surface area (Å²) >= 11 is 0. The van der Waals surface area contributed by atoms with Crippen LogP contribution in [0.3, 0.4) is 0 Å². The molecule has 2 aromatic rings. The fraction of sp³-hybridized carbons (Fsp3) is 0.312. The SMILES string of the molecule is NNC(c1cccnc1)c1ccccc1C1CCC1. The van der Waals surface area contributed by atoms with E-state index in [0.29, 0.717) is 5.92 Å². The topological polar surface area (TPSA) is 50.9 Å². The second-order valence-corrected chi connectivity index (χ2v) is 5.14. The van der Waals surface area contributed by atoms with E-state index in [4.69, 9.17) is 5.84 Å². The van der Waals surface area contributed by atoms with E-state index in [-0.39, 0.29) is 6.04 Å². The van der Waals surface area contributed by atoms with E-state index in [1.165, 1.54) is 30.4 Å². The first-order chi connectivity index (χ1) is 9.40. The van der Waals surface area contributed by atoms with Gasteiger partial charge in [-0.3, -0.25) is 10.8 Å². The number of rotatable bonds is 4. The first kappa shape index (κ1) is 12.3. The largest absolute Gasteiger partial charge is 0.271 e. The van der Waals surface area contributed by atoms with E-state index in [1.54, 1.807) is 6.20 Å². The lowest BCUT2D eigenvalue weighted by Gasteiger charge is -2.30. The zero-order chi connectivity index (χ0) is 13.1. The average Bonchev–Trinajstić information content (AvgIpc) is 2.41. The number of benzene rings is 1. The Kier molecular flexibility index (Phi) is 3.58. The predicted molar refractivity (Wildman–Crippen MR) is 76.4 cm³/mol. The third-order valence-electron chi connectivity index (χ3n) is 4.04. The van der Waals surface area contributed by atoms with Crippen molar-refractivity contribution in [2.45, 2.75) is 31.2 Å². The molecule has 3 nitrogen and oxygen atoms in total. The van der Waals surface area contributed by atoms with Gasteiger partial charge in [0, 0.05) is 12.4 Å². The Morgan fingerprint density at radius 1 is 1.16 bits per heavy atom. The monoisotopic (exact) mass is 253 g/mol. The summed E-state index contributed by atoms with van der Waals surface area (Å²) in [5.41, 5.74) is 6.76. The zero-order valence-electron chi connectivity index (χ0n) is 10.9. The van der Waals surface area contributed by atoms with E-state index in [9.17, 15) is 0 Å². The smallest absolute Gasteiger partial charge is 0.0727 e. The molecule has 3 N–H and O–H groups in total. The molecule has 0 spiro atoms. The number of hydrogen-bond acceptors (Lipinski definition) is 3. The molecule has 1 heterocycles. The van der Waals surface area contributed by atoms with Gasteiger partial charge >= 0.3 is 0 Å². The van der Waals surface area contributed by atoms with Crippen LogP contribution in [0.25, 0.3) is 0 Å². The van der Waals surface area contributed by atoms with Gasteiger partial charge in [0.1, 0.15) is 0 Å². The molecule has 1 saturated carbocycles. The molecular formula is C16H19N3. The van der Waals surface area contributed by atoms with E-state index in [2.05, 4.69) is 40.7 Å². The Balaban J connectivity index is 1.99. The summed E-state index contributed by atoms with van der Waals surface area (Å²) in [4.78, 5) is 4.19. The summed E-state index contributed by atoms with van der Waals surface area (Å²) in [6.45, 7) is 0. The summed E-state index contributed by atoms with van der Waals surface area (Å²) in [5.74, 6) is 6.49. The predicted octanol–water partition coefficient (Wildman–Crippen LogP) is 2.90. The molecule has 1 unspecified atom stereocenters. The lowest BCUT2D eigenvalue weighted by atomic mass is 9.76. The minimum atomic E-state index is 0.0190. The number of nitrogens with zero attached hydrogens (tertiary/aromatic N) is 1. The molecule has 1 aromatic heterocycles. The lowest BCUT2D eigenvalue weighted by Crippen LogP contribution is -2.30. The average molecular weight is 253 g/mol. The van der Waals surface area contributed by atoms with Crippen LogP contribution in [0.15, 0.2) is 48.8 Å². The fourth-order valence-electron chi connectivity index (χ4n) is 2.78. The third-order valence-corrected chi connectivity index (χ3v) is 4.04. The number of nitrogens with one attached hydrogen (secondary N) is 1. The molecule has 98 valence electrons. The van der Waals surface area contributed by atoms with Crippen LogP contribution >= 0.6 is 0 Å². The maximum atomic E-state index is 5.79. The van der Waals surface area contributed by atoms with E-state index in [0.717, 1.165) is 5.56 Å². The van der Waals surface area contributed by atoms with Crippen LogP contribution in [0.5, 0.6) is 0 Å². The maximum absolute atomic E-state index is 5.79. The molecule has 0 radical (unpaired) electrons. The number of aromatic nitrogens is 1. The quantitative estimate of drug-likeness (QED) is 0.650. The number of hydrazine groups is 1. The lowest BCUT2D eigenvalue weighted by molar-refractivity contribution is 0.414. The van der Waals surface area contributed by atoms with Gasteiger partial charge in [-0.05, 0) is 41.5 Å². The highest BCUT2D eigenvalue weighted by molar-refractivity contribution is 5.39. The van der Waals surface area contributed by atoms with Gasteiger partial charge in [-0.15, -0.1) is 0 Å². The van der Waals surface area contributed by atoms with Crippen molar-refractivity contribution in [3.05, 3.63) is 65.5 Å². The van der Waals surface area contributed by atoms with Crippen LogP contribution in [0.1, 0.15) is 47.9 Å². The van der Waals surface area contributed by atoms with Gasteiger partial charge in [0.2, 0.25) is 0 Å². The summed E-state index contributed by atoms with van der Waals surface area (Å²) in [7, 11) is 0. The maximum Gasteiger partial charge on any atom is 0.0727 e. The van der Waals surface area contributed by atoms with Crippen molar-refractivity contribution in [1.82, 2.24) is 10.4 Å². The van der Waals surface area contributed by atoms with Gasteiger partial charge in [-0.25, -0.2) is 5.43 Å². The molecule has 1 aliphatic rings. The minimum Gasteiger partial charge on any atom is -0.271 e. The number of pyridine rings is 1. The Hall–Kier alpha value is -1.71. The van der Waals surface area contributed by atoms with Crippen LogP contribution in [-0.2, 0) is 0 Å². The second-order valence-electron chi connectivity index (χ2n) is 5.14. The van der Waals surface area contributed by atoms with Crippen molar-refractivity contribution in [2.24, 2.45) is 5.84 Å². The number of hydrogen-bond donors (Lipinski definition) is 2. The Morgan fingerprint density at radius 2 is 2.00 bits per heavy atom. The standard InChI is InChI=1S/C16H19N3/c17-19-16(13-7-4-10-18-11-13)15-9-2-1-8-14(15)12-5-3-6-12/h1-2,4,7-12,16,19H,3,5-6,17H2. The number of nitrogens with two attached hydrogens (primary N) is 1. The van der Waals surface area contributed by atoms with Gasteiger partial charge in [0.05, 0.1) is 6.04 Å². The van der Waals surface area contributed by atoms with Gasteiger partial charge in [-0.1, -0.05) is 36.8 Å².